The van der Waals surface area contributed by atoms with Gasteiger partial charge in [-0.3, -0.25) is 4.79 Å². The molecule has 1 N–H and O–H groups in total. The van der Waals surface area contributed by atoms with Crippen LogP contribution in [-0.4, -0.2) is 27.3 Å². The first kappa shape index (κ1) is 14.9. The first-order valence-corrected chi connectivity index (χ1v) is 9.09. The Morgan fingerprint density at radius 1 is 1.36 bits per heavy atom. The monoisotopic (exact) mass is 338 g/mol. The van der Waals surface area contributed by atoms with Crippen LogP contribution in [0.15, 0.2) is 24.3 Å². The van der Waals surface area contributed by atoms with Gasteiger partial charge in [0.05, 0.1) is 13.2 Å². The van der Waals surface area contributed by atoms with Crippen molar-refractivity contribution in [2.75, 3.05) is 6.61 Å². The van der Waals surface area contributed by atoms with Crippen molar-refractivity contribution in [2.45, 2.75) is 50.6 Å². The van der Waals surface area contributed by atoms with Crippen LogP contribution in [0.1, 0.15) is 48.9 Å². The second kappa shape index (κ2) is 5.31. The Balaban J connectivity index is 1.30. The zero-order valence-corrected chi connectivity index (χ0v) is 14.4. The highest BCUT2D eigenvalue weighted by atomic mass is 16.5. The van der Waals surface area contributed by atoms with E-state index < -0.39 is 0 Å². The van der Waals surface area contributed by atoms with Gasteiger partial charge in [0.2, 0.25) is 5.91 Å². The Hall–Kier alpha value is -2.37. The summed E-state index contributed by atoms with van der Waals surface area (Å²) in [5.74, 6) is 2.91. The minimum absolute atomic E-state index is 0.0288. The highest BCUT2D eigenvalue weighted by molar-refractivity contribution is 5.84. The lowest BCUT2D eigenvalue weighted by Gasteiger charge is -2.26. The summed E-state index contributed by atoms with van der Waals surface area (Å²) in [6.45, 7) is 3.13. The summed E-state index contributed by atoms with van der Waals surface area (Å²) in [7, 11) is 0. The Bertz CT molecular complexity index is 842. The minimum atomic E-state index is -0.0288. The van der Waals surface area contributed by atoms with Gasteiger partial charge in [0.15, 0.2) is 5.82 Å². The average Bonchev–Trinajstić information content (AvgIpc) is 3.54. The Morgan fingerprint density at radius 2 is 2.20 bits per heavy atom. The van der Waals surface area contributed by atoms with Gasteiger partial charge in [-0.25, -0.2) is 0 Å². The number of nitrogens with one attached hydrogen (secondary N) is 1. The SMILES string of the molecule is Cc1nnc(CNC(=O)[C@H]2C[C@]23CCOc2ccccc23)n1C1CC1. The minimum Gasteiger partial charge on any atom is -0.493 e. The van der Waals surface area contributed by atoms with Gasteiger partial charge < -0.3 is 14.6 Å². The predicted molar refractivity (Wildman–Crippen MR) is 91.2 cm³/mol. The molecule has 0 saturated heterocycles. The maximum Gasteiger partial charge on any atom is 0.224 e. The molecule has 6 heteroatoms. The molecule has 1 spiro atoms. The number of carbonyl (C=O) groups excluding carboxylic acids is 1. The van der Waals surface area contributed by atoms with Crippen molar-refractivity contribution in [3.63, 3.8) is 0 Å². The first-order valence-electron chi connectivity index (χ1n) is 9.09. The molecular formula is C19H22N4O2. The molecule has 2 aromatic rings. The highest BCUT2D eigenvalue weighted by Gasteiger charge is 2.60. The summed E-state index contributed by atoms with van der Waals surface area (Å²) in [6.07, 6.45) is 4.19. The maximum atomic E-state index is 12.8. The summed E-state index contributed by atoms with van der Waals surface area (Å²) in [4.78, 5) is 12.8. The third-order valence-corrected chi connectivity index (χ3v) is 5.89. The number of hydrogen-bond acceptors (Lipinski definition) is 4. The molecule has 25 heavy (non-hydrogen) atoms. The number of hydrogen-bond donors (Lipinski definition) is 1. The van der Waals surface area contributed by atoms with E-state index in [1.54, 1.807) is 0 Å². The van der Waals surface area contributed by atoms with E-state index in [9.17, 15) is 4.79 Å². The molecule has 2 aliphatic carbocycles. The van der Waals surface area contributed by atoms with E-state index in [1.165, 1.54) is 18.4 Å². The van der Waals surface area contributed by atoms with E-state index in [-0.39, 0.29) is 17.2 Å². The van der Waals surface area contributed by atoms with Crippen molar-refractivity contribution < 1.29 is 9.53 Å². The normalized spacial score (nSPS) is 26.8. The molecule has 0 radical (unpaired) electrons. The van der Waals surface area contributed by atoms with Gasteiger partial charge in [0.1, 0.15) is 11.6 Å². The number of rotatable bonds is 4. The van der Waals surface area contributed by atoms with Crippen molar-refractivity contribution in [1.29, 1.82) is 0 Å². The number of ether oxygens (including phenoxy) is 1. The zero-order chi connectivity index (χ0) is 17.0. The molecule has 0 unspecified atom stereocenters. The number of aromatic nitrogens is 3. The number of fused-ring (bicyclic) bond motifs is 2. The van der Waals surface area contributed by atoms with Crippen LogP contribution >= 0.6 is 0 Å². The highest BCUT2D eigenvalue weighted by Crippen LogP contribution is 2.60. The molecule has 0 bridgehead atoms. The van der Waals surface area contributed by atoms with Gasteiger partial charge in [-0.15, -0.1) is 10.2 Å². The Labute approximate surface area is 146 Å². The Kier molecular flexibility index (Phi) is 3.17. The molecular weight excluding hydrogens is 316 g/mol. The van der Waals surface area contributed by atoms with Crippen molar-refractivity contribution in [1.82, 2.24) is 20.1 Å². The lowest BCUT2D eigenvalue weighted by molar-refractivity contribution is -0.123. The number of nitrogens with zero attached hydrogens (tertiary/aromatic N) is 3. The maximum absolute atomic E-state index is 12.8. The summed E-state index contributed by atoms with van der Waals surface area (Å²) in [5.41, 5.74) is 1.16. The fourth-order valence-electron chi connectivity index (χ4n) is 4.34. The second-order valence-electron chi connectivity index (χ2n) is 7.49. The van der Waals surface area contributed by atoms with E-state index >= 15 is 0 Å². The van der Waals surface area contributed by atoms with Crippen molar-refractivity contribution in [3.05, 3.63) is 41.5 Å². The number of carbonyl (C=O) groups is 1. The largest absolute Gasteiger partial charge is 0.493 e. The van der Waals surface area contributed by atoms with Gasteiger partial charge in [0, 0.05) is 22.9 Å². The fourth-order valence-corrected chi connectivity index (χ4v) is 4.34. The molecule has 2 atom stereocenters. The molecule has 2 fully saturated rings. The smallest absolute Gasteiger partial charge is 0.224 e. The van der Waals surface area contributed by atoms with Crippen LogP contribution in [0.25, 0.3) is 0 Å². The van der Waals surface area contributed by atoms with E-state index in [0.717, 1.165) is 30.2 Å². The number of aryl methyl sites for hydroxylation is 1. The van der Waals surface area contributed by atoms with Gasteiger partial charge >= 0.3 is 0 Å². The molecule has 1 aliphatic heterocycles. The zero-order valence-electron chi connectivity index (χ0n) is 14.4. The van der Waals surface area contributed by atoms with E-state index in [1.807, 2.05) is 25.1 Å². The van der Waals surface area contributed by atoms with Crippen LogP contribution in [0, 0.1) is 12.8 Å². The quantitative estimate of drug-likeness (QED) is 0.928. The lowest BCUT2D eigenvalue weighted by atomic mass is 9.87. The van der Waals surface area contributed by atoms with E-state index in [2.05, 4.69) is 26.1 Å². The molecule has 1 aromatic heterocycles. The standard InChI is InChI=1S/C19H22N4O2/c1-12-21-22-17(23(12)13-6-7-13)11-20-18(24)15-10-19(15)8-9-25-16-5-3-2-4-14(16)19/h2-5,13,15H,6-11H2,1H3,(H,20,24)/t15-,19+/m1/s1. The molecule has 1 amide bonds. The summed E-state index contributed by atoms with van der Waals surface area (Å²) < 4.78 is 7.93. The molecule has 130 valence electrons. The van der Waals surface area contributed by atoms with Gasteiger partial charge in [-0.2, -0.15) is 0 Å². The van der Waals surface area contributed by atoms with Gasteiger partial charge in [-0.1, -0.05) is 18.2 Å². The van der Waals surface area contributed by atoms with Crippen molar-refractivity contribution in [3.8, 4) is 5.75 Å². The van der Waals surface area contributed by atoms with Crippen molar-refractivity contribution >= 4 is 5.91 Å². The Morgan fingerprint density at radius 3 is 3.04 bits per heavy atom. The van der Waals surface area contributed by atoms with Gasteiger partial charge in [-0.05, 0) is 38.7 Å². The topological polar surface area (TPSA) is 69.0 Å². The van der Waals surface area contributed by atoms with Crippen LogP contribution in [0.2, 0.25) is 0 Å². The summed E-state index contributed by atoms with van der Waals surface area (Å²) in [6, 6.07) is 8.65. The van der Waals surface area contributed by atoms with Crippen LogP contribution < -0.4 is 10.1 Å². The van der Waals surface area contributed by atoms with E-state index in [4.69, 9.17) is 4.74 Å². The predicted octanol–water partition coefficient (Wildman–Crippen LogP) is 2.28. The first-order chi connectivity index (χ1) is 12.2. The third-order valence-electron chi connectivity index (χ3n) is 5.89. The van der Waals surface area contributed by atoms with Crippen LogP contribution in [0.5, 0.6) is 5.75 Å². The van der Waals surface area contributed by atoms with Crippen LogP contribution in [0.4, 0.5) is 0 Å². The summed E-state index contributed by atoms with van der Waals surface area (Å²) in [5, 5.41) is 11.5. The fraction of sp³-hybridized carbons (Fsp3) is 0.526. The van der Waals surface area contributed by atoms with Crippen LogP contribution in [-0.2, 0) is 16.8 Å². The number of para-hydroxylation sites is 1. The van der Waals surface area contributed by atoms with Gasteiger partial charge in [0.25, 0.3) is 0 Å². The molecule has 6 nitrogen and oxygen atoms in total. The van der Waals surface area contributed by atoms with Crippen LogP contribution in [0.3, 0.4) is 0 Å². The number of amides is 1. The molecule has 5 rings (SSSR count). The summed E-state index contributed by atoms with van der Waals surface area (Å²) >= 11 is 0. The average molecular weight is 338 g/mol. The van der Waals surface area contributed by atoms with E-state index in [0.29, 0.717) is 19.2 Å². The molecule has 1 aromatic carbocycles. The lowest BCUT2D eigenvalue weighted by Crippen LogP contribution is -2.31. The molecule has 2 heterocycles. The number of benzene rings is 1. The molecule has 2 saturated carbocycles. The second-order valence-corrected chi connectivity index (χ2v) is 7.49. The van der Waals surface area contributed by atoms with Crippen molar-refractivity contribution in [2.24, 2.45) is 5.92 Å². The molecule has 3 aliphatic rings. The third kappa shape index (κ3) is 2.34.